The molecule has 0 atom stereocenters. The second kappa shape index (κ2) is 3.57. The SMILES string of the molecule is CCC(Cl)(CC)C(=O)Br. The number of rotatable bonds is 3. The molecule has 0 aliphatic carbocycles. The summed E-state index contributed by atoms with van der Waals surface area (Å²) in [4.78, 5) is 10.0. The van der Waals surface area contributed by atoms with Gasteiger partial charge in [0.1, 0.15) is 4.87 Å². The molecule has 0 saturated heterocycles. The molecule has 0 aromatic carbocycles. The molecular weight excluding hydrogens is 203 g/mol. The molecule has 0 aromatic rings. The van der Waals surface area contributed by atoms with E-state index in [9.17, 15) is 4.79 Å². The van der Waals surface area contributed by atoms with Crippen molar-refractivity contribution in [2.45, 2.75) is 31.6 Å². The third-order valence-electron chi connectivity index (χ3n) is 1.47. The minimum Gasteiger partial charge on any atom is -0.285 e. The molecule has 0 N–H and O–H groups in total. The Morgan fingerprint density at radius 2 is 1.89 bits per heavy atom. The Labute approximate surface area is 68.9 Å². The second-order valence-electron chi connectivity index (χ2n) is 1.95. The number of alkyl halides is 1. The minimum absolute atomic E-state index is 0.110. The smallest absolute Gasteiger partial charge is 0.218 e. The van der Waals surface area contributed by atoms with Crippen molar-refractivity contribution in [2.75, 3.05) is 0 Å². The fourth-order valence-corrected chi connectivity index (χ4v) is 1.09. The number of hydrogen-bond donors (Lipinski definition) is 0. The zero-order valence-corrected chi connectivity index (χ0v) is 7.92. The van der Waals surface area contributed by atoms with Gasteiger partial charge in [-0.05, 0) is 28.8 Å². The number of carbonyl (C=O) groups excluding carboxylic acids is 1. The summed E-state index contributed by atoms with van der Waals surface area (Å²) in [5.74, 6) is 0. The van der Waals surface area contributed by atoms with Crippen molar-refractivity contribution >= 4 is 32.2 Å². The molecule has 9 heavy (non-hydrogen) atoms. The summed E-state index contributed by atoms with van der Waals surface area (Å²) in [5.41, 5.74) is 0. The van der Waals surface area contributed by atoms with Crippen molar-refractivity contribution in [1.29, 1.82) is 0 Å². The predicted molar refractivity (Wildman–Crippen MR) is 43.1 cm³/mol. The highest BCUT2D eigenvalue weighted by molar-refractivity contribution is 9.18. The average Bonchev–Trinajstić information content (AvgIpc) is 1.86. The van der Waals surface area contributed by atoms with Gasteiger partial charge in [0.05, 0.1) is 0 Å². The quantitative estimate of drug-likeness (QED) is 0.520. The Kier molecular flexibility index (Phi) is 3.74. The standard InChI is InChI=1S/C6H10BrClO/c1-3-6(8,4-2)5(7)9/h3-4H2,1-2H3. The number of carbonyl (C=O) groups is 1. The van der Waals surface area contributed by atoms with Crippen molar-refractivity contribution in [3.8, 4) is 0 Å². The highest BCUT2D eigenvalue weighted by atomic mass is 79.9. The Hall–Kier alpha value is 0.440. The van der Waals surface area contributed by atoms with Gasteiger partial charge in [-0.15, -0.1) is 11.6 Å². The number of halogens is 2. The van der Waals surface area contributed by atoms with E-state index in [0.717, 1.165) is 0 Å². The third kappa shape index (κ3) is 2.26. The van der Waals surface area contributed by atoms with Crippen LogP contribution in [0.1, 0.15) is 26.7 Å². The van der Waals surface area contributed by atoms with Gasteiger partial charge in [0.2, 0.25) is 4.69 Å². The van der Waals surface area contributed by atoms with Gasteiger partial charge in [0.15, 0.2) is 0 Å². The van der Waals surface area contributed by atoms with Gasteiger partial charge in [0.25, 0.3) is 0 Å². The summed E-state index contributed by atoms with van der Waals surface area (Å²) in [6.07, 6.45) is 1.35. The zero-order chi connectivity index (χ0) is 7.49. The topological polar surface area (TPSA) is 17.1 Å². The molecule has 3 heteroatoms. The maximum Gasteiger partial charge on any atom is 0.218 e. The van der Waals surface area contributed by atoms with Gasteiger partial charge in [-0.2, -0.15) is 0 Å². The Morgan fingerprint density at radius 1 is 1.56 bits per heavy atom. The van der Waals surface area contributed by atoms with Crippen molar-refractivity contribution < 1.29 is 4.79 Å². The van der Waals surface area contributed by atoms with E-state index in [-0.39, 0.29) is 4.69 Å². The first-order valence-corrected chi connectivity index (χ1v) is 4.12. The lowest BCUT2D eigenvalue weighted by atomic mass is 10.1. The van der Waals surface area contributed by atoms with Crippen LogP contribution in [0.15, 0.2) is 0 Å². The molecule has 0 rings (SSSR count). The molecule has 0 heterocycles. The molecule has 0 saturated carbocycles. The maximum atomic E-state index is 10.7. The van der Waals surface area contributed by atoms with E-state index < -0.39 is 4.87 Å². The van der Waals surface area contributed by atoms with Crippen molar-refractivity contribution in [3.05, 3.63) is 0 Å². The van der Waals surface area contributed by atoms with Gasteiger partial charge in [0, 0.05) is 0 Å². The third-order valence-corrected chi connectivity index (χ3v) is 3.17. The van der Waals surface area contributed by atoms with Crippen molar-refractivity contribution in [1.82, 2.24) is 0 Å². The van der Waals surface area contributed by atoms with Crippen LogP contribution in [0.3, 0.4) is 0 Å². The van der Waals surface area contributed by atoms with Crippen LogP contribution >= 0.6 is 27.5 Å². The lowest BCUT2D eigenvalue weighted by molar-refractivity contribution is -0.112. The second-order valence-corrected chi connectivity index (χ2v) is 3.39. The summed E-state index contributed by atoms with van der Waals surface area (Å²) in [7, 11) is 0. The van der Waals surface area contributed by atoms with Crippen molar-refractivity contribution in [3.63, 3.8) is 0 Å². The fourth-order valence-electron chi connectivity index (χ4n) is 0.528. The van der Waals surface area contributed by atoms with Gasteiger partial charge in [-0.1, -0.05) is 13.8 Å². The molecule has 54 valence electrons. The summed E-state index contributed by atoms with van der Waals surface area (Å²) >= 11 is 8.69. The normalized spacial score (nSPS) is 11.6. The highest BCUT2D eigenvalue weighted by Crippen LogP contribution is 2.27. The summed E-state index contributed by atoms with van der Waals surface area (Å²) in [5, 5.41) is 0. The van der Waals surface area contributed by atoms with Gasteiger partial charge < -0.3 is 0 Å². The van der Waals surface area contributed by atoms with E-state index in [0.29, 0.717) is 12.8 Å². The molecule has 0 aliphatic rings. The molecule has 0 bridgehead atoms. The molecule has 1 nitrogen and oxygen atoms in total. The molecule has 0 unspecified atom stereocenters. The van der Waals surface area contributed by atoms with E-state index in [2.05, 4.69) is 15.9 Å². The minimum atomic E-state index is -0.667. The van der Waals surface area contributed by atoms with Crippen LogP contribution in [-0.4, -0.2) is 9.57 Å². The molecule has 0 spiro atoms. The Morgan fingerprint density at radius 3 is 1.89 bits per heavy atom. The first kappa shape index (κ1) is 9.44. The molecule has 0 aromatic heterocycles. The lowest BCUT2D eigenvalue weighted by Gasteiger charge is -2.17. The zero-order valence-electron chi connectivity index (χ0n) is 5.58. The van der Waals surface area contributed by atoms with Crippen LogP contribution in [0.25, 0.3) is 0 Å². The predicted octanol–water partition coefficient (Wildman–Crippen LogP) is 2.71. The lowest BCUT2D eigenvalue weighted by Crippen LogP contribution is -2.26. The van der Waals surface area contributed by atoms with Gasteiger partial charge in [-0.3, -0.25) is 4.79 Å². The molecular formula is C6H10BrClO. The summed E-state index contributed by atoms with van der Waals surface area (Å²) < 4.78 is -0.110. The monoisotopic (exact) mass is 212 g/mol. The molecule has 0 amide bonds. The van der Waals surface area contributed by atoms with Gasteiger partial charge in [-0.25, -0.2) is 0 Å². The van der Waals surface area contributed by atoms with Crippen LogP contribution in [0.5, 0.6) is 0 Å². The maximum absolute atomic E-state index is 10.7. The first-order chi connectivity index (χ1) is 4.06. The van der Waals surface area contributed by atoms with Gasteiger partial charge >= 0.3 is 0 Å². The Balaban J connectivity index is 4.09. The molecule has 0 aliphatic heterocycles. The summed E-state index contributed by atoms with van der Waals surface area (Å²) in [6, 6.07) is 0. The van der Waals surface area contributed by atoms with Crippen LogP contribution in [0, 0.1) is 0 Å². The van der Waals surface area contributed by atoms with E-state index >= 15 is 0 Å². The van der Waals surface area contributed by atoms with Crippen LogP contribution in [0.4, 0.5) is 0 Å². The van der Waals surface area contributed by atoms with E-state index in [1.807, 2.05) is 13.8 Å². The van der Waals surface area contributed by atoms with E-state index in [1.165, 1.54) is 0 Å². The number of hydrogen-bond acceptors (Lipinski definition) is 1. The summed E-state index contributed by atoms with van der Waals surface area (Å²) in [6.45, 7) is 3.80. The largest absolute Gasteiger partial charge is 0.285 e. The van der Waals surface area contributed by atoms with E-state index in [1.54, 1.807) is 0 Å². The van der Waals surface area contributed by atoms with E-state index in [4.69, 9.17) is 11.6 Å². The fraction of sp³-hybridized carbons (Fsp3) is 0.833. The molecule has 0 radical (unpaired) electrons. The van der Waals surface area contributed by atoms with Crippen molar-refractivity contribution in [2.24, 2.45) is 0 Å². The Bertz CT molecular complexity index is 110. The average molecular weight is 214 g/mol. The van der Waals surface area contributed by atoms with Crippen LogP contribution in [0.2, 0.25) is 0 Å². The molecule has 0 fully saturated rings. The van der Waals surface area contributed by atoms with Crippen LogP contribution < -0.4 is 0 Å². The van der Waals surface area contributed by atoms with Crippen LogP contribution in [-0.2, 0) is 4.79 Å². The first-order valence-electron chi connectivity index (χ1n) is 2.95. The highest BCUT2D eigenvalue weighted by Gasteiger charge is 2.29.